The van der Waals surface area contributed by atoms with Crippen molar-refractivity contribution < 1.29 is 4.48 Å². The van der Waals surface area contributed by atoms with Gasteiger partial charge in [-0.25, -0.2) is 0 Å². The molecule has 0 heterocycles. The molecule has 0 bridgehead atoms. The summed E-state index contributed by atoms with van der Waals surface area (Å²) in [7, 11) is 0. The van der Waals surface area contributed by atoms with Crippen LogP contribution < -0.4 is 0 Å². The summed E-state index contributed by atoms with van der Waals surface area (Å²) >= 11 is 0. The molecule has 0 unspecified atom stereocenters. The first kappa shape index (κ1) is 23.0. The first-order valence-electron chi connectivity index (χ1n) is 8.88. The minimum atomic E-state index is -1.08. The van der Waals surface area contributed by atoms with Crippen molar-refractivity contribution in [1.82, 2.24) is 0 Å². The van der Waals surface area contributed by atoms with Crippen LogP contribution in [0.1, 0.15) is 33.3 Å². The van der Waals surface area contributed by atoms with Crippen molar-refractivity contribution in [2.24, 2.45) is 11.8 Å². The molecular formula is C21H27N5. The van der Waals surface area contributed by atoms with Crippen LogP contribution in [0.4, 0.5) is 0 Å². The van der Waals surface area contributed by atoms with E-state index in [4.69, 9.17) is 21.0 Å². The van der Waals surface area contributed by atoms with Crippen molar-refractivity contribution in [2.75, 3.05) is 26.2 Å². The van der Waals surface area contributed by atoms with Crippen molar-refractivity contribution in [1.29, 1.82) is 21.0 Å². The minimum absolute atomic E-state index is 0.251. The summed E-state index contributed by atoms with van der Waals surface area (Å²) < 4.78 is 1.28. The van der Waals surface area contributed by atoms with Crippen LogP contribution in [-0.4, -0.2) is 30.7 Å². The maximum absolute atomic E-state index is 8.89. The normalized spacial score (nSPS) is 9.92. The Bertz CT molecular complexity index is 603. The van der Waals surface area contributed by atoms with Gasteiger partial charge in [0.25, 0.3) is 0 Å². The SMILES string of the molecule is CC[N+](CC)(CC)CC.N#CC(C#N)[C-](c1ccccc1)C(C#N)C#N. The Morgan fingerprint density at radius 2 is 1.08 bits per heavy atom. The van der Waals surface area contributed by atoms with Crippen LogP contribution in [0, 0.1) is 63.1 Å². The lowest BCUT2D eigenvalue weighted by Gasteiger charge is -2.34. The van der Waals surface area contributed by atoms with Gasteiger partial charge in [0.15, 0.2) is 0 Å². The van der Waals surface area contributed by atoms with Gasteiger partial charge in [0.05, 0.1) is 50.5 Å². The fourth-order valence-electron chi connectivity index (χ4n) is 2.81. The summed E-state index contributed by atoms with van der Waals surface area (Å²) in [6, 6.07) is 15.8. The second kappa shape index (κ2) is 12.4. The van der Waals surface area contributed by atoms with Crippen LogP contribution >= 0.6 is 0 Å². The fraction of sp³-hybridized carbons (Fsp3) is 0.476. The van der Waals surface area contributed by atoms with Gasteiger partial charge >= 0.3 is 0 Å². The third-order valence-electron chi connectivity index (χ3n) is 4.93. The molecule has 0 aliphatic carbocycles. The first-order chi connectivity index (χ1) is 12.5. The lowest BCUT2D eigenvalue weighted by molar-refractivity contribution is -0.921. The van der Waals surface area contributed by atoms with Gasteiger partial charge in [-0.2, -0.15) is 38.7 Å². The molecule has 1 rings (SSSR count). The highest BCUT2D eigenvalue weighted by atomic mass is 15.3. The lowest BCUT2D eigenvalue weighted by atomic mass is 9.79. The number of nitriles is 4. The van der Waals surface area contributed by atoms with Gasteiger partial charge in [-0.15, -0.1) is 18.1 Å². The van der Waals surface area contributed by atoms with E-state index in [9.17, 15) is 0 Å². The molecule has 0 radical (unpaired) electrons. The number of hydrogen-bond acceptors (Lipinski definition) is 4. The average molecular weight is 349 g/mol. The van der Waals surface area contributed by atoms with E-state index in [2.05, 4.69) is 27.7 Å². The van der Waals surface area contributed by atoms with Crippen molar-refractivity contribution in [3.8, 4) is 24.3 Å². The van der Waals surface area contributed by atoms with Gasteiger partial charge < -0.3 is 4.48 Å². The van der Waals surface area contributed by atoms with Gasteiger partial charge in [0, 0.05) is 0 Å². The molecule has 0 aromatic heterocycles. The monoisotopic (exact) mass is 349 g/mol. The maximum atomic E-state index is 8.89. The van der Waals surface area contributed by atoms with Gasteiger partial charge in [0.2, 0.25) is 0 Å². The standard InChI is InChI=1S/C13H7N4.C8H20N/c14-6-11(7-15)13(12(8-16)9-17)10-4-2-1-3-5-10;1-5-9(6-2,7-3)8-4/h1-5,11-12H;5-8H2,1-4H3/q-1;+1. The molecule has 0 fully saturated rings. The van der Waals surface area contributed by atoms with Gasteiger partial charge in [-0.3, -0.25) is 0 Å². The second-order valence-corrected chi connectivity index (χ2v) is 5.81. The third-order valence-corrected chi connectivity index (χ3v) is 4.93. The quantitative estimate of drug-likeness (QED) is 0.552. The highest BCUT2D eigenvalue weighted by molar-refractivity contribution is 5.43. The Labute approximate surface area is 157 Å². The molecule has 0 saturated carbocycles. The van der Waals surface area contributed by atoms with Crippen molar-refractivity contribution in [3.63, 3.8) is 0 Å². The number of benzene rings is 1. The largest absolute Gasteiger partial charge is 0.325 e. The van der Waals surface area contributed by atoms with E-state index in [0.29, 0.717) is 5.56 Å². The Morgan fingerprint density at radius 3 is 1.31 bits per heavy atom. The number of rotatable bonds is 7. The van der Waals surface area contributed by atoms with E-state index >= 15 is 0 Å². The van der Waals surface area contributed by atoms with Gasteiger partial charge in [0.1, 0.15) is 11.8 Å². The molecular weight excluding hydrogens is 322 g/mol. The van der Waals surface area contributed by atoms with Crippen molar-refractivity contribution in [2.45, 2.75) is 27.7 Å². The molecule has 0 N–H and O–H groups in total. The Hall–Kier alpha value is -2.99. The van der Waals surface area contributed by atoms with E-state index in [1.165, 1.54) is 30.7 Å². The lowest BCUT2D eigenvalue weighted by Crippen LogP contribution is -2.47. The van der Waals surface area contributed by atoms with E-state index in [1.807, 2.05) is 0 Å². The molecule has 0 aliphatic rings. The van der Waals surface area contributed by atoms with Crippen LogP contribution in [0.15, 0.2) is 30.3 Å². The smallest absolute Gasteiger partial charge is 0.113 e. The summed E-state index contributed by atoms with van der Waals surface area (Å²) in [6.45, 7) is 14.2. The molecule has 26 heavy (non-hydrogen) atoms. The molecule has 0 amide bonds. The topological polar surface area (TPSA) is 95.2 Å². The number of nitrogens with zero attached hydrogens (tertiary/aromatic N) is 5. The first-order valence-corrected chi connectivity index (χ1v) is 8.88. The van der Waals surface area contributed by atoms with Gasteiger partial charge in [-0.05, 0) is 27.7 Å². The predicted octanol–water partition coefficient (Wildman–Crippen LogP) is 3.82. The van der Waals surface area contributed by atoms with Crippen LogP contribution in [0.25, 0.3) is 0 Å². The summed E-state index contributed by atoms with van der Waals surface area (Å²) in [6.07, 6.45) is 0. The number of hydrogen-bond donors (Lipinski definition) is 0. The predicted molar refractivity (Wildman–Crippen MR) is 101 cm³/mol. The van der Waals surface area contributed by atoms with Crippen LogP contribution in [0.2, 0.25) is 0 Å². The zero-order valence-corrected chi connectivity index (χ0v) is 16.1. The second-order valence-electron chi connectivity index (χ2n) is 5.81. The summed E-state index contributed by atoms with van der Waals surface area (Å²) in [5.74, 6) is -1.91. The molecule has 0 atom stereocenters. The Balaban J connectivity index is 0.000000590. The molecule has 0 aliphatic heterocycles. The van der Waals surface area contributed by atoms with Gasteiger partial charge in [-0.1, -0.05) is 6.07 Å². The highest BCUT2D eigenvalue weighted by Gasteiger charge is 2.24. The zero-order valence-electron chi connectivity index (χ0n) is 16.1. The van der Waals surface area contributed by atoms with E-state index < -0.39 is 11.8 Å². The fourth-order valence-corrected chi connectivity index (χ4v) is 2.81. The van der Waals surface area contributed by atoms with E-state index in [-0.39, 0.29) is 5.92 Å². The number of quaternary nitrogens is 1. The summed E-state index contributed by atoms with van der Waals surface area (Å²) in [5, 5.41) is 35.5. The molecule has 136 valence electrons. The van der Waals surface area contributed by atoms with Crippen molar-refractivity contribution >= 4 is 0 Å². The Kier molecular flexibility index (Phi) is 11.0. The average Bonchev–Trinajstić information content (AvgIpc) is 2.72. The summed E-state index contributed by atoms with van der Waals surface area (Å²) in [5.41, 5.74) is 0.578. The maximum Gasteiger partial charge on any atom is 0.113 e. The molecule has 5 heteroatoms. The summed E-state index contributed by atoms with van der Waals surface area (Å²) in [4.78, 5) is 0. The van der Waals surface area contributed by atoms with Crippen LogP contribution in [0.3, 0.4) is 0 Å². The third kappa shape index (κ3) is 6.14. The molecule has 5 nitrogen and oxygen atoms in total. The zero-order chi connectivity index (χ0) is 20.0. The van der Waals surface area contributed by atoms with E-state index in [0.717, 1.165) is 0 Å². The Morgan fingerprint density at radius 1 is 0.731 bits per heavy atom. The van der Waals surface area contributed by atoms with Crippen LogP contribution in [-0.2, 0) is 0 Å². The molecule has 1 aromatic carbocycles. The molecule has 0 saturated heterocycles. The van der Waals surface area contributed by atoms with Crippen LogP contribution in [0.5, 0.6) is 0 Å². The highest BCUT2D eigenvalue weighted by Crippen LogP contribution is 2.30. The molecule has 1 aromatic rings. The van der Waals surface area contributed by atoms with E-state index in [1.54, 1.807) is 54.6 Å². The molecule has 0 spiro atoms. The minimum Gasteiger partial charge on any atom is -0.325 e. The van der Waals surface area contributed by atoms with Crippen molar-refractivity contribution in [3.05, 3.63) is 41.8 Å².